The van der Waals surface area contributed by atoms with Crippen molar-refractivity contribution in [2.45, 2.75) is 57.5 Å². The van der Waals surface area contributed by atoms with Gasteiger partial charge in [-0.15, -0.1) is 0 Å². The van der Waals surface area contributed by atoms with E-state index in [0.717, 1.165) is 33.8 Å². The minimum atomic E-state index is -4.16. The second-order valence-electron chi connectivity index (χ2n) is 11.1. The van der Waals surface area contributed by atoms with E-state index in [9.17, 15) is 18.0 Å². The summed E-state index contributed by atoms with van der Waals surface area (Å²) in [7, 11) is -4.16. The fourth-order valence-corrected chi connectivity index (χ4v) is 6.62. The lowest BCUT2D eigenvalue weighted by molar-refractivity contribution is -0.140. The maximum atomic E-state index is 14.5. The molecule has 0 spiro atoms. The van der Waals surface area contributed by atoms with E-state index < -0.39 is 28.5 Å². The summed E-state index contributed by atoms with van der Waals surface area (Å²) in [6.45, 7) is 5.74. The van der Waals surface area contributed by atoms with Gasteiger partial charge in [0.2, 0.25) is 11.8 Å². The lowest BCUT2D eigenvalue weighted by atomic mass is 10.0. The van der Waals surface area contributed by atoms with E-state index in [-0.39, 0.29) is 23.8 Å². The van der Waals surface area contributed by atoms with Gasteiger partial charge in [-0.2, -0.15) is 0 Å². The van der Waals surface area contributed by atoms with Gasteiger partial charge in [-0.05, 0) is 67.3 Å². The molecule has 4 aromatic rings. The Balaban J connectivity index is 1.80. The number of carbonyl (C=O) groups is 2. The molecule has 45 heavy (non-hydrogen) atoms. The number of nitrogens with one attached hydrogen (secondary N) is 1. The highest BCUT2D eigenvalue weighted by atomic mass is 35.5. The standard InChI is InChI=1S/C36H40ClN3O4S/c1-4-5-22-38-36(42)34(24-29-13-7-6-8-14-29)39(25-30-15-9-10-17-33(30)37)35(41)26-40(31-16-11-12-28(3)23-31)45(43,44)32-20-18-27(2)19-21-32/h6-21,23,34H,4-5,22,24-26H2,1-3H3,(H,38,42). The van der Waals surface area contributed by atoms with Gasteiger partial charge in [-0.1, -0.05) is 103 Å². The van der Waals surface area contributed by atoms with Gasteiger partial charge in [0.25, 0.3) is 10.0 Å². The number of unbranched alkanes of at least 4 members (excludes halogenated alkanes) is 1. The third-order valence-corrected chi connectivity index (χ3v) is 9.73. The van der Waals surface area contributed by atoms with Crippen LogP contribution in [-0.2, 0) is 32.6 Å². The molecule has 0 aliphatic heterocycles. The Morgan fingerprint density at radius 3 is 2.20 bits per heavy atom. The second kappa shape index (κ2) is 15.7. The molecule has 2 amide bonds. The van der Waals surface area contributed by atoms with Crippen molar-refractivity contribution >= 4 is 39.1 Å². The minimum absolute atomic E-state index is 0.0173. The molecule has 0 saturated carbocycles. The van der Waals surface area contributed by atoms with Gasteiger partial charge >= 0.3 is 0 Å². The van der Waals surface area contributed by atoms with Crippen LogP contribution in [0.1, 0.15) is 42.0 Å². The molecular formula is C36H40ClN3O4S. The summed E-state index contributed by atoms with van der Waals surface area (Å²) in [5.41, 5.74) is 3.63. The van der Waals surface area contributed by atoms with Crippen LogP contribution in [0.15, 0.2) is 108 Å². The van der Waals surface area contributed by atoms with Crippen molar-refractivity contribution in [3.8, 4) is 0 Å². The molecule has 0 heterocycles. The van der Waals surface area contributed by atoms with Crippen LogP contribution in [-0.4, -0.2) is 44.3 Å². The zero-order valence-corrected chi connectivity index (χ0v) is 27.5. The Morgan fingerprint density at radius 1 is 0.844 bits per heavy atom. The van der Waals surface area contributed by atoms with Crippen LogP contribution in [0.2, 0.25) is 5.02 Å². The van der Waals surface area contributed by atoms with Crippen molar-refractivity contribution in [3.05, 3.63) is 130 Å². The Hall–Kier alpha value is -4.14. The minimum Gasteiger partial charge on any atom is -0.354 e. The van der Waals surface area contributed by atoms with Crippen LogP contribution < -0.4 is 9.62 Å². The van der Waals surface area contributed by atoms with Gasteiger partial charge in [0, 0.05) is 24.5 Å². The second-order valence-corrected chi connectivity index (χ2v) is 13.4. The summed E-state index contributed by atoms with van der Waals surface area (Å²) < 4.78 is 29.4. The van der Waals surface area contributed by atoms with Gasteiger partial charge < -0.3 is 10.2 Å². The summed E-state index contributed by atoms with van der Waals surface area (Å²) in [6, 6.07) is 29.3. The fraction of sp³-hybridized carbons (Fsp3) is 0.278. The number of amides is 2. The topological polar surface area (TPSA) is 86.8 Å². The van der Waals surface area contributed by atoms with Crippen molar-refractivity contribution in [1.82, 2.24) is 10.2 Å². The van der Waals surface area contributed by atoms with E-state index in [0.29, 0.717) is 22.8 Å². The molecule has 4 rings (SSSR count). The molecule has 0 bridgehead atoms. The number of hydrogen-bond donors (Lipinski definition) is 1. The average molecular weight is 646 g/mol. The van der Waals surface area contributed by atoms with Gasteiger partial charge in [-0.3, -0.25) is 13.9 Å². The van der Waals surface area contributed by atoms with E-state index in [1.54, 1.807) is 60.7 Å². The molecule has 0 fully saturated rings. The Morgan fingerprint density at radius 2 is 1.53 bits per heavy atom. The van der Waals surface area contributed by atoms with Crippen LogP contribution >= 0.6 is 11.6 Å². The maximum absolute atomic E-state index is 14.5. The molecule has 236 valence electrons. The Kier molecular flexibility index (Phi) is 11.8. The highest BCUT2D eigenvalue weighted by Crippen LogP contribution is 2.27. The highest BCUT2D eigenvalue weighted by Gasteiger charge is 2.34. The molecule has 1 atom stereocenters. The molecule has 0 radical (unpaired) electrons. The first-order valence-corrected chi connectivity index (χ1v) is 16.9. The molecule has 4 aromatic carbocycles. The molecule has 7 nitrogen and oxygen atoms in total. The van der Waals surface area contributed by atoms with E-state index >= 15 is 0 Å². The monoisotopic (exact) mass is 645 g/mol. The summed E-state index contributed by atoms with van der Waals surface area (Å²) in [4.78, 5) is 29.9. The number of rotatable bonds is 14. The lowest BCUT2D eigenvalue weighted by Crippen LogP contribution is -2.53. The largest absolute Gasteiger partial charge is 0.354 e. The van der Waals surface area contributed by atoms with Crippen LogP contribution in [0.4, 0.5) is 5.69 Å². The van der Waals surface area contributed by atoms with E-state index in [1.165, 1.54) is 4.90 Å². The number of anilines is 1. The predicted octanol–water partition coefficient (Wildman–Crippen LogP) is 6.71. The molecular weight excluding hydrogens is 606 g/mol. The smallest absolute Gasteiger partial charge is 0.264 e. The molecule has 0 saturated heterocycles. The van der Waals surface area contributed by atoms with Gasteiger partial charge in [0.15, 0.2) is 0 Å². The molecule has 0 aliphatic carbocycles. The first-order valence-electron chi connectivity index (χ1n) is 15.1. The number of benzene rings is 4. The van der Waals surface area contributed by atoms with Crippen molar-refractivity contribution in [2.75, 3.05) is 17.4 Å². The number of nitrogens with zero attached hydrogens (tertiary/aromatic N) is 2. The van der Waals surface area contributed by atoms with Crippen molar-refractivity contribution in [2.24, 2.45) is 0 Å². The zero-order chi connectivity index (χ0) is 32.4. The molecule has 1 unspecified atom stereocenters. The third kappa shape index (κ3) is 8.96. The molecule has 1 N–H and O–H groups in total. The first-order chi connectivity index (χ1) is 21.6. The van der Waals surface area contributed by atoms with Crippen LogP contribution in [0, 0.1) is 13.8 Å². The first kappa shape index (κ1) is 33.7. The van der Waals surface area contributed by atoms with E-state index in [2.05, 4.69) is 5.32 Å². The normalized spacial score (nSPS) is 11.9. The van der Waals surface area contributed by atoms with Gasteiger partial charge in [0.1, 0.15) is 12.6 Å². The van der Waals surface area contributed by atoms with Crippen LogP contribution in [0.3, 0.4) is 0 Å². The SMILES string of the molecule is CCCCNC(=O)C(Cc1ccccc1)N(Cc1ccccc1Cl)C(=O)CN(c1cccc(C)c1)S(=O)(=O)c1ccc(C)cc1. The number of carbonyl (C=O) groups excluding carboxylic acids is 2. The number of sulfonamides is 1. The number of aryl methyl sites for hydroxylation is 2. The molecule has 9 heteroatoms. The molecule has 0 aliphatic rings. The number of halogens is 1. The summed E-state index contributed by atoms with van der Waals surface area (Å²) in [6.07, 6.45) is 1.93. The zero-order valence-electron chi connectivity index (χ0n) is 25.9. The van der Waals surface area contributed by atoms with E-state index in [1.807, 2.05) is 63.2 Å². The highest BCUT2D eigenvalue weighted by molar-refractivity contribution is 7.92. The quantitative estimate of drug-likeness (QED) is 0.155. The molecule has 0 aromatic heterocycles. The predicted molar refractivity (Wildman–Crippen MR) is 181 cm³/mol. The summed E-state index contributed by atoms with van der Waals surface area (Å²) >= 11 is 6.56. The third-order valence-electron chi connectivity index (χ3n) is 7.58. The number of hydrogen-bond acceptors (Lipinski definition) is 4. The lowest BCUT2D eigenvalue weighted by Gasteiger charge is -2.34. The van der Waals surface area contributed by atoms with E-state index in [4.69, 9.17) is 11.6 Å². The van der Waals surface area contributed by atoms with Crippen LogP contribution in [0.5, 0.6) is 0 Å². The summed E-state index contributed by atoms with van der Waals surface area (Å²) in [5.74, 6) is -0.838. The maximum Gasteiger partial charge on any atom is 0.264 e. The summed E-state index contributed by atoms with van der Waals surface area (Å²) in [5, 5.41) is 3.44. The van der Waals surface area contributed by atoms with Gasteiger partial charge in [0.05, 0.1) is 10.6 Å². The van der Waals surface area contributed by atoms with Crippen molar-refractivity contribution in [1.29, 1.82) is 0 Å². The Labute approximate surface area is 271 Å². The average Bonchev–Trinajstić information content (AvgIpc) is 3.03. The van der Waals surface area contributed by atoms with Crippen molar-refractivity contribution in [3.63, 3.8) is 0 Å². The van der Waals surface area contributed by atoms with Crippen molar-refractivity contribution < 1.29 is 18.0 Å². The Bertz CT molecular complexity index is 1700. The fourth-order valence-electron chi connectivity index (χ4n) is 5.02. The van der Waals surface area contributed by atoms with Gasteiger partial charge in [-0.25, -0.2) is 8.42 Å². The van der Waals surface area contributed by atoms with Crippen LogP contribution in [0.25, 0.3) is 0 Å².